The lowest BCUT2D eigenvalue weighted by Gasteiger charge is -2.02. The van der Waals surface area contributed by atoms with E-state index in [0.717, 1.165) is 6.42 Å². The van der Waals surface area contributed by atoms with Gasteiger partial charge in [-0.05, 0) is 29.7 Å². The molecule has 0 heterocycles. The van der Waals surface area contributed by atoms with E-state index < -0.39 is 0 Å². The highest BCUT2D eigenvalue weighted by Gasteiger charge is 2.02. The van der Waals surface area contributed by atoms with Crippen LogP contribution in [0.3, 0.4) is 0 Å². The summed E-state index contributed by atoms with van der Waals surface area (Å²) in [5.74, 6) is 5.72. The van der Waals surface area contributed by atoms with Crippen LogP contribution in [0.4, 0.5) is 0 Å². The van der Waals surface area contributed by atoms with Gasteiger partial charge in [0.05, 0.1) is 0 Å². The molecule has 0 spiro atoms. The highest BCUT2D eigenvalue weighted by Crippen LogP contribution is 2.24. The Balaban J connectivity index is 2.23. The molecule has 0 saturated carbocycles. The molecule has 2 nitrogen and oxygen atoms in total. The van der Waals surface area contributed by atoms with Crippen molar-refractivity contribution >= 4 is 5.57 Å². The van der Waals surface area contributed by atoms with Gasteiger partial charge in [0, 0.05) is 0 Å². The zero-order valence-corrected chi connectivity index (χ0v) is 7.23. The standard InChI is InChI=1S/C11H11NO/c12-13-11-7-5-10(6-8-11)9-3-1-2-4-9/h1-3,5-8H,4,12H2. The molecule has 2 rings (SSSR count). The maximum atomic E-state index is 5.03. The monoisotopic (exact) mass is 173 g/mol. The van der Waals surface area contributed by atoms with E-state index >= 15 is 0 Å². The maximum absolute atomic E-state index is 5.03. The molecule has 0 aromatic heterocycles. The van der Waals surface area contributed by atoms with Crippen molar-refractivity contribution < 1.29 is 4.84 Å². The van der Waals surface area contributed by atoms with Gasteiger partial charge in [-0.1, -0.05) is 30.4 Å². The van der Waals surface area contributed by atoms with Crippen molar-refractivity contribution in [3.63, 3.8) is 0 Å². The number of rotatable bonds is 2. The lowest BCUT2D eigenvalue weighted by atomic mass is 10.1. The van der Waals surface area contributed by atoms with Crippen molar-refractivity contribution in [1.82, 2.24) is 0 Å². The molecule has 1 aliphatic rings. The van der Waals surface area contributed by atoms with Gasteiger partial charge in [0.15, 0.2) is 0 Å². The summed E-state index contributed by atoms with van der Waals surface area (Å²) in [7, 11) is 0. The van der Waals surface area contributed by atoms with E-state index in [-0.39, 0.29) is 0 Å². The second-order valence-corrected chi connectivity index (χ2v) is 2.97. The Hall–Kier alpha value is -1.54. The number of hydrogen-bond acceptors (Lipinski definition) is 2. The van der Waals surface area contributed by atoms with Gasteiger partial charge in [0.25, 0.3) is 0 Å². The molecule has 0 saturated heterocycles. The molecular weight excluding hydrogens is 162 g/mol. The number of benzene rings is 1. The lowest BCUT2D eigenvalue weighted by Crippen LogP contribution is -2.01. The average Bonchev–Trinajstić information content (AvgIpc) is 2.71. The van der Waals surface area contributed by atoms with E-state index in [1.54, 1.807) is 0 Å². The number of hydrogen-bond donors (Lipinski definition) is 1. The molecule has 1 aromatic carbocycles. The summed E-state index contributed by atoms with van der Waals surface area (Å²) in [5.41, 5.74) is 2.56. The summed E-state index contributed by atoms with van der Waals surface area (Å²) < 4.78 is 0. The van der Waals surface area contributed by atoms with E-state index in [1.165, 1.54) is 11.1 Å². The van der Waals surface area contributed by atoms with E-state index in [0.29, 0.717) is 5.75 Å². The van der Waals surface area contributed by atoms with Crippen molar-refractivity contribution in [3.8, 4) is 5.75 Å². The van der Waals surface area contributed by atoms with Crippen LogP contribution in [0.25, 0.3) is 5.57 Å². The molecule has 0 bridgehead atoms. The Morgan fingerprint density at radius 3 is 2.46 bits per heavy atom. The first-order chi connectivity index (χ1) is 6.40. The molecule has 0 radical (unpaired) electrons. The highest BCUT2D eigenvalue weighted by molar-refractivity contribution is 5.71. The van der Waals surface area contributed by atoms with Crippen LogP contribution in [0.5, 0.6) is 5.75 Å². The van der Waals surface area contributed by atoms with Gasteiger partial charge in [0.2, 0.25) is 0 Å². The van der Waals surface area contributed by atoms with E-state index in [4.69, 9.17) is 5.90 Å². The van der Waals surface area contributed by atoms with E-state index in [1.807, 2.05) is 24.3 Å². The second-order valence-electron chi connectivity index (χ2n) is 2.97. The third-order valence-corrected chi connectivity index (χ3v) is 2.13. The summed E-state index contributed by atoms with van der Waals surface area (Å²) in [6, 6.07) is 7.77. The smallest absolute Gasteiger partial charge is 0.146 e. The van der Waals surface area contributed by atoms with E-state index in [9.17, 15) is 0 Å². The fraction of sp³-hybridized carbons (Fsp3) is 0.0909. The van der Waals surface area contributed by atoms with Crippen molar-refractivity contribution in [2.24, 2.45) is 5.90 Å². The molecule has 1 aliphatic carbocycles. The Morgan fingerprint density at radius 1 is 1.15 bits per heavy atom. The fourth-order valence-corrected chi connectivity index (χ4v) is 1.41. The summed E-state index contributed by atoms with van der Waals surface area (Å²) in [5, 5.41) is 0. The normalized spacial score (nSPS) is 14.4. The zero-order chi connectivity index (χ0) is 9.10. The van der Waals surface area contributed by atoms with Gasteiger partial charge in [-0.25, -0.2) is 0 Å². The first-order valence-electron chi connectivity index (χ1n) is 4.23. The largest absolute Gasteiger partial charge is 0.412 e. The second kappa shape index (κ2) is 3.46. The van der Waals surface area contributed by atoms with Crippen LogP contribution < -0.4 is 10.7 Å². The molecule has 66 valence electrons. The predicted octanol–water partition coefficient (Wildman–Crippen LogP) is 2.28. The highest BCUT2D eigenvalue weighted by atomic mass is 16.6. The first kappa shape index (κ1) is 8.08. The molecule has 0 atom stereocenters. The zero-order valence-electron chi connectivity index (χ0n) is 7.23. The summed E-state index contributed by atoms with van der Waals surface area (Å²) in [6.07, 6.45) is 7.35. The van der Waals surface area contributed by atoms with Crippen LogP contribution in [0.2, 0.25) is 0 Å². The molecular formula is C11H11NO. The topological polar surface area (TPSA) is 35.2 Å². The van der Waals surface area contributed by atoms with Crippen LogP contribution in [-0.2, 0) is 0 Å². The van der Waals surface area contributed by atoms with Gasteiger partial charge in [0.1, 0.15) is 5.75 Å². The fourth-order valence-electron chi connectivity index (χ4n) is 1.41. The molecule has 0 unspecified atom stereocenters. The minimum Gasteiger partial charge on any atom is -0.412 e. The van der Waals surface area contributed by atoms with Crippen LogP contribution in [-0.4, -0.2) is 0 Å². The van der Waals surface area contributed by atoms with Crippen LogP contribution in [0.1, 0.15) is 12.0 Å². The first-order valence-corrected chi connectivity index (χ1v) is 4.23. The van der Waals surface area contributed by atoms with Gasteiger partial charge < -0.3 is 4.84 Å². The Morgan fingerprint density at radius 2 is 1.92 bits per heavy atom. The summed E-state index contributed by atoms with van der Waals surface area (Å²) >= 11 is 0. The number of nitrogens with two attached hydrogens (primary N) is 1. The molecule has 13 heavy (non-hydrogen) atoms. The molecule has 2 N–H and O–H groups in total. The van der Waals surface area contributed by atoms with Crippen LogP contribution in [0, 0.1) is 0 Å². The van der Waals surface area contributed by atoms with Crippen molar-refractivity contribution in [3.05, 3.63) is 48.1 Å². The van der Waals surface area contributed by atoms with Gasteiger partial charge in [-0.15, -0.1) is 0 Å². The van der Waals surface area contributed by atoms with Crippen LogP contribution >= 0.6 is 0 Å². The quantitative estimate of drug-likeness (QED) is 0.696. The van der Waals surface area contributed by atoms with E-state index in [2.05, 4.69) is 23.1 Å². The van der Waals surface area contributed by atoms with Gasteiger partial charge >= 0.3 is 0 Å². The molecule has 1 aromatic rings. The van der Waals surface area contributed by atoms with Crippen LogP contribution in [0.15, 0.2) is 42.5 Å². The van der Waals surface area contributed by atoms with Crippen molar-refractivity contribution in [2.45, 2.75) is 6.42 Å². The molecule has 0 amide bonds. The summed E-state index contributed by atoms with van der Waals surface area (Å²) in [6.45, 7) is 0. The average molecular weight is 173 g/mol. The lowest BCUT2D eigenvalue weighted by molar-refractivity contribution is 0.334. The van der Waals surface area contributed by atoms with Crippen molar-refractivity contribution in [1.29, 1.82) is 0 Å². The maximum Gasteiger partial charge on any atom is 0.146 e. The minimum absolute atomic E-state index is 0.690. The Kier molecular flexibility index (Phi) is 2.15. The molecule has 0 fully saturated rings. The summed E-state index contributed by atoms with van der Waals surface area (Å²) in [4.78, 5) is 4.60. The van der Waals surface area contributed by atoms with Gasteiger partial charge in [-0.3, -0.25) is 0 Å². The predicted molar refractivity (Wildman–Crippen MR) is 53.0 cm³/mol. The number of allylic oxidation sites excluding steroid dienone is 4. The minimum atomic E-state index is 0.690. The van der Waals surface area contributed by atoms with Gasteiger partial charge in [-0.2, -0.15) is 5.90 Å². The Bertz CT molecular complexity index is 349. The molecule has 0 aliphatic heterocycles. The third-order valence-electron chi connectivity index (χ3n) is 2.13. The SMILES string of the molecule is NOc1ccc(C2=CC=CC2)cc1. The molecule has 2 heteroatoms. The third kappa shape index (κ3) is 1.63. The Labute approximate surface area is 77.3 Å². The van der Waals surface area contributed by atoms with Crippen molar-refractivity contribution in [2.75, 3.05) is 0 Å².